The molecule has 0 aliphatic heterocycles. The molecule has 0 unspecified atom stereocenters. The van der Waals surface area contributed by atoms with Crippen LogP contribution in [0.15, 0.2) is 0 Å². The highest BCUT2D eigenvalue weighted by molar-refractivity contribution is 4.72. The van der Waals surface area contributed by atoms with Crippen LogP contribution < -0.4 is 5.32 Å². The van der Waals surface area contributed by atoms with Crippen LogP contribution in [0.25, 0.3) is 0 Å². The monoisotopic (exact) mass is 226 g/mol. The van der Waals surface area contributed by atoms with Gasteiger partial charge in [-0.3, -0.25) is 0 Å². The van der Waals surface area contributed by atoms with E-state index in [4.69, 9.17) is 0 Å². The molecule has 96 valence electrons. The van der Waals surface area contributed by atoms with Gasteiger partial charge in [-0.25, -0.2) is 0 Å². The summed E-state index contributed by atoms with van der Waals surface area (Å²) in [5, 5.41) is 3.48. The smallest absolute Gasteiger partial charge is 0.00922 e. The fourth-order valence-electron chi connectivity index (χ4n) is 2.64. The minimum atomic E-state index is 0.869. The molecule has 0 bridgehead atoms. The molecule has 0 heterocycles. The van der Waals surface area contributed by atoms with E-state index in [1.807, 2.05) is 0 Å². The predicted octanol–water partition coefficient (Wildman–Crippen LogP) is 3.03. The average Bonchev–Trinajstić information content (AvgIpc) is 2.57. The lowest BCUT2D eigenvalue weighted by Gasteiger charge is -2.27. The zero-order valence-corrected chi connectivity index (χ0v) is 11.3. The molecule has 16 heavy (non-hydrogen) atoms. The van der Waals surface area contributed by atoms with Crippen LogP contribution in [-0.2, 0) is 0 Å². The minimum Gasteiger partial charge on any atom is -0.317 e. The number of rotatable bonds is 7. The van der Waals surface area contributed by atoms with Crippen LogP contribution >= 0.6 is 0 Å². The average molecular weight is 226 g/mol. The van der Waals surface area contributed by atoms with Gasteiger partial charge in [-0.05, 0) is 52.4 Å². The van der Waals surface area contributed by atoms with Crippen LogP contribution in [0, 0.1) is 0 Å². The van der Waals surface area contributed by atoms with Crippen molar-refractivity contribution < 1.29 is 0 Å². The topological polar surface area (TPSA) is 15.3 Å². The quantitative estimate of drug-likeness (QED) is 0.530. The molecule has 1 fully saturated rings. The van der Waals surface area contributed by atoms with Gasteiger partial charge in [-0.2, -0.15) is 0 Å². The molecule has 0 spiro atoms. The normalized spacial score (nSPS) is 18.9. The first-order valence-electron chi connectivity index (χ1n) is 7.25. The van der Waals surface area contributed by atoms with Gasteiger partial charge >= 0.3 is 0 Å². The Labute approximate surface area is 102 Å². The van der Waals surface area contributed by atoms with E-state index in [1.54, 1.807) is 0 Å². The molecule has 1 aliphatic rings. The Morgan fingerprint density at radius 1 is 1.06 bits per heavy atom. The fraction of sp³-hybridized carbons (Fsp3) is 1.00. The van der Waals surface area contributed by atoms with Crippen molar-refractivity contribution in [3.05, 3.63) is 0 Å². The molecule has 0 atom stereocenters. The predicted molar refractivity (Wildman–Crippen MR) is 71.9 cm³/mol. The number of hydrogen-bond acceptors (Lipinski definition) is 2. The maximum Gasteiger partial charge on any atom is 0.00922 e. The summed E-state index contributed by atoms with van der Waals surface area (Å²) >= 11 is 0. The zero-order valence-electron chi connectivity index (χ0n) is 11.3. The molecule has 0 amide bonds. The van der Waals surface area contributed by atoms with Crippen LogP contribution in [0.5, 0.6) is 0 Å². The van der Waals surface area contributed by atoms with Gasteiger partial charge in [0.05, 0.1) is 0 Å². The van der Waals surface area contributed by atoms with Gasteiger partial charge in [-0.1, -0.05) is 32.6 Å². The second-order valence-electron chi connectivity index (χ2n) is 5.23. The summed E-state index contributed by atoms with van der Waals surface area (Å²) in [5.74, 6) is 0. The van der Waals surface area contributed by atoms with Crippen molar-refractivity contribution in [1.29, 1.82) is 0 Å². The molecule has 0 radical (unpaired) electrons. The van der Waals surface area contributed by atoms with E-state index in [0.717, 1.165) is 6.04 Å². The Morgan fingerprint density at radius 3 is 2.38 bits per heavy atom. The molecule has 1 saturated carbocycles. The van der Waals surface area contributed by atoms with Crippen molar-refractivity contribution in [2.45, 2.75) is 64.3 Å². The summed E-state index contributed by atoms with van der Waals surface area (Å²) in [6, 6.07) is 0.869. The van der Waals surface area contributed by atoms with Crippen molar-refractivity contribution in [1.82, 2.24) is 10.2 Å². The first-order valence-corrected chi connectivity index (χ1v) is 7.25. The van der Waals surface area contributed by atoms with Crippen LogP contribution in [0.2, 0.25) is 0 Å². The molecule has 1 aliphatic carbocycles. The number of hydrogen-bond donors (Lipinski definition) is 1. The summed E-state index contributed by atoms with van der Waals surface area (Å²) in [6.07, 6.45) is 11.2. The van der Waals surface area contributed by atoms with Gasteiger partial charge in [-0.15, -0.1) is 0 Å². The summed E-state index contributed by atoms with van der Waals surface area (Å²) in [7, 11) is 2.32. The Morgan fingerprint density at radius 2 is 1.75 bits per heavy atom. The van der Waals surface area contributed by atoms with Crippen molar-refractivity contribution in [2.75, 3.05) is 26.7 Å². The molecule has 2 nitrogen and oxygen atoms in total. The molecule has 0 saturated heterocycles. The van der Waals surface area contributed by atoms with Crippen LogP contribution in [0.4, 0.5) is 0 Å². The Kier molecular flexibility index (Phi) is 7.87. The number of nitrogens with one attached hydrogen (secondary N) is 1. The van der Waals surface area contributed by atoms with Gasteiger partial charge in [0.1, 0.15) is 0 Å². The van der Waals surface area contributed by atoms with Crippen molar-refractivity contribution in [3.63, 3.8) is 0 Å². The summed E-state index contributed by atoms with van der Waals surface area (Å²) in [5.41, 5.74) is 0. The first kappa shape index (κ1) is 14.0. The van der Waals surface area contributed by atoms with E-state index in [-0.39, 0.29) is 0 Å². The Bertz CT molecular complexity index is 151. The molecule has 2 heteroatoms. The van der Waals surface area contributed by atoms with Crippen molar-refractivity contribution in [2.24, 2.45) is 0 Å². The lowest BCUT2D eigenvalue weighted by atomic mass is 10.1. The molecule has 1 rings (SSSR count). The standard InChI is InChI=1S/C14H30N2/c1-3-11-15-12-8-13-16(2)14-9-6-4-5-7-10-14/h14-15H,3-13H2,1-2H3. The highest BCUT2D eigenvalue weighted by Crippen LogP contribution is 2.20. The Hall–Kier alpha value is -0.0800. The largest absolute Gasteiger partial charge is 0.317 e. The highest BCUT2D eigenvalue weighted by atomic mass is 15.1. The van der Waals surface area contributed by atoms with Gasteiger partial charge in [0, 0.05) is 6.04 Å². The van der Waals surface area contributed by atoms with Gasteiger partial charge in [0.2, 0.25) is 0 Å². The van der Waals surface area contributed by atoms with E-state index in [1.165, 1.54) is 71.0 Å². The SMILES string of the molecule is CCCNCCCN(C)C1CCCCCC1. The molecule has 0 aromatic carbocycles. The van der Waals surface area contributed by atoms with Gasteiger partial charge in [0.25, 0.3) is 0 Å². The highest BCUT2D eigenvalue weighted by Gasteiger charge is 2.15. The third kappa shape index (κ3) is 5.86. The zero-order chi connectivity index (χ0) is 11.6. The van der Waals surface area contributed by atoms with E-state index >= 15 is 0 Å². The molecular weight excluding hydrogens is 196 g/mol. The van der Waals surface area contributed by atoms with Crippen LogP contribution in [-0.4, -0.2) is 37.6 Å². The summed E-state index contributed by atoms with van der Waals surface area (Å²) < 4.78 is 0. The Balaban J connectivity index is 2.05. The minimum absolute atomic E-state index is 0.869. The van der Waals surface area contributed by atoms with E-state index in [0.29, 0.717) is 0 Å². The third-order valence-electron chi connectivity index (χ3n) is 3.74. The van der Waals surface area contributed by atoms with Crippen LogP contribution in [0.3, 0.4) is 0 Å². The van der Waals surface area contributed by atoms with E-state index in [2.05, 4.69) is 24.2 Å². The first-order chi connectivity index (χ1) is 7.84. The second-order valence-corrected chi connectivity index (χ2v) is 5.23. The van der Waals surface area contributed by atoms with Gasteiger partial charge in [0.15, 0.2) is 0 Å². The molecule has 0 aromatic rings. The molecule has 0 aromatic heterocycles. The second kappa shape index (κ2) is 9.00. The van der Waals surface area contributed by atoms with Crippen LogP contribution in [0.1, 0.15) is 58.3 Å². The van der Waals surface area contributed by atoms with Crippen molar-refractivity contribution >= 4 is 0 Å². The lowest BCUT2D eigenvalue weighted by molar-refractivity contribution is 0.218. The molecular formula is C14H30N2. The van der Waals surface area contributed by atoms with E-state index in [9.17, 15) is 0 Å². The fourth-order valence-corrected chi connectivity index (χ4v) is 2.64. The maximum absolute atomic E-state index is 3.48. The summed E-state index contributed by atoms with van der Waals surface area (Å²) in [6.45, 7) is 5.85. The number of nitrogens with zero attached hydrogens (tertiary/aromatic N) is 1. The van der Waals surface area contributed by atoms with Gasteiger partial charge < -0.3 is 10.2 Å². The third-order valence-corrected chi connectivity index (χ3v) is 3.74. The summed E-state index contributed by atoms with van der Waals surface area (Å²) in [4.78, 5) is 2.60. The molecule has 1 N–H and O–H groups in total. The van der Waals surface area contributed by atoms with Crippen molar-refractivity contribution in [3.8, 4) is 0 Å². The maximum atomic E-state index is 3.48. The lowest BCUT2D eigenvalue weighted by Crippen LogP contribution is -2.33. The van der Waals surface area contributed by atoms with E-state index < -0.39 is 0 Å².